The number of amides is 3. The monoisotopic (exact) mass is 327 g/mol. The van der Waals surface area contributed by atoms with E-state index >= 15 is 0 Å². The van der Waals surface area contributed by atoms with Gasteiger partial charge >= 0.3 is 0 Å². The Kier molecular flexibility index (Phi) is 11.1. The Morgan fingerprint density at radius 2 is 0.826 bits per heavy atom. The summed E-state index contributed by atoms with van der Waals surface area (Å²) in [6, 6.07) is 0. The minimum Gasteiger partial charge on any atom is -0.307 e. The van der Waals surface area contributed by atoms with E-state index in [1.807, 2.05) is 34.6 Å². The largest absolute Gasteiger partial charge is 0.307 e. The highest BCUT2D eigenvalue weighted by atomic mass is 16.2. The van der Waals surface area contributed by atoms with Crippen LogP contribution in [0, 0.1) is 0 Å². The van der Waals surface area contributed by atoms with E-state index in [-0.39, 0.29) is 17.7 Å². The Balaban J connectivity index is 0.00000232. The van der Waals surface area contributed by atoms with Crippen molar-refractivity contribution in [1.82, 2.24) is 14.7 Å². The molecule has 1 aliphatic heterocycles. The third-order valence-corrected chi connectivity index (χ3v) is 3.47. The quantitative estimate of drug-likeness (QED) is 0.753. The van der Waals surface area contributed by atoms with E-state index in [9.17, 15) is 14.4 Å². The van der Waals surface area contributed by atoms with Crippen LogP contribution in [0.15, 0.2) is 0 Å². The van der Waals surface area contributed by atoms with Crippen molar-refractivity contribution in [2.24, 2.45) is 0 Å². The van der Waals surface area contributed by atoms with Gasteiger partial charge in [-0.2, -0.15) is 0 Å². The molecule has 1 saturated heterocycles. The van der Waals surface area contributed by atoms with E-state index in [4.69, 9.17) is 0 Å². The smallest absolute Gasteiger partial charge is 0.225 e. The van der Waals surface area contributed by atoms with Gasteiger partial charge in [-0.25, -0.2) is 0 Å². The van der Waals surface area contributed by atoms with Crippen molar-refractivity contribution in [3.63, 3.8) is 0 Å². The van der Waals surface area contributed by atoms with Gasteiger partial charge in [0.1, 0.15) is 0 Å². The van der Waals surface area contributed by atoms with Crippen molar-refractivity contribution >= 4 is 17.7 Å². The summed E-state index contributed by atoms with van der Waals surface area (Å²) in [5, 5.41) is 0. The fourth-order valence-electron chi connectivity index (χ4n) is 2.34. The molecule has 1 heterocycles. The van der Waals surface area contributed by atoms with E-state index in [0.717, 1.165) is 19.3 Å². The Labute approximate surface area is 140 Å². The van der Waals surface area contributed by atoms with Gasteiger partial charge in [0.25, 0.3) is 0 Å². The van der Waals surface area contributed by atoms with Crippen LogP contribution in [0.25, 0.3) is 0 Å². The first-order chi connectivity index (χ1) is 11.0. The van der Waals surface area contributed by atoms with Crippen molar-refractivity contribution in [2.45, 2.75) is 73.1 Å². The molecule has 0 atom stereocenters. The van der Waals surface area contributed by atoms with Crippen molar-refractivity contribution in [3.05, 3.63) is 0 Å². The zero-order valence-corrected chi connectivity index (χ0v) is 15.4. The Bertz CT molecular complexity index is 322. The topological polar surface area (TPSA) is 60.9 Å². The van der Waals surface area contributed by atoms with Crippen LogP contribution in [0.3, 0.4) is 0 Å². The zero-order valence-electron chi connectivity index (χ0n) is 15.4. The molecule has 6 nitrogen and oxygen atoms in total. The number of hydrogen-bond acceptors (Lipinski definition) is 3. The summed E-state index contributed by atoms with van der Waals surface area (Å²) in [6.07, 6.45) is 3.65. The second-order valence-corrected chi connectivity index (χ2v) is 5.47. The van der Waals surface area contributed by atoms with E-state index in [0.29, 0.717) is 39.3 Å². The normalized spacial score (nSPS) is 14.2. The summed E-state index contributed by atoms with van der Waals surface area (Å²) in [4.78, 5) is 41.1. The summed E-state index contributed by atoms with van der Waals surface area (Å²) in [5.41, 5.74) is 0. The predicted molar refractivity (Wildman–Crippen MR) is 91.2 cm³/mol. The van der Waals surface area contributed by atoms with Gasteiger partial charge in [0.05, 0.1) is 20.0 Å². The number of hydrogen-bond donors (Lipinski definition) is 0. The highest BCUT2D eigenvalue weighted by Crippen LogP contribution is 2.13. The fraction of sp³-hybridized carbons (Fsp3) is 0.824. The molecule has 0 saturated carbocycles. The van der Waals surface area contributed by atoms with Gasteiger partial charge in [0.15, 0.2) is 0 Å². The Hall–Kier alpha value is -1.59. The fourth-order valence-corrected chi connectivity index (χ4v) is 2.34. The van der Waals surface area contributed by atoms with Gasteiger partial charge in [-0.1, -0.05) is 34.6 Å². The lowest BCUT2D eigenvalue weighted by Gasteiger charge is -2.42. The molecule has 0 aromatic carbocycles. The van der Waals surface area contributed by atoms with Crippen LogP contribution >= 0.6 is 0 Å². The summed E-state index contributed by atoms with van der Waals surface area (Å²) >= 11 is 0. The second kappa shape index (κ2) is 11.9. The average molecular weight is 327 g/mol. The van der Waals surface area contributed by atoms with Gasteiger partial charge < -0.3 is 14.7 Å². The van der Waals surface area contributed by atoms with Crippen LogP contribution in [0.1, 0.15) is 73.1 Å². The van der Waals surface area contributed by atoms with Crippen LogP contribution in [-0.2, 0) is 14.4 Å². The first-order valence-electron chi connectivity index (χ1n) is 8.86. The van der Waals surface area contributed by atoms with Crippen LogP contribution < -0.4 is 0 Å². The maximum absolute atomic E-state index is 12.1. The number of carbonyl (C=O) groups excluding carboxylic acids is 3. The summed E-state index contributed by atoms with van der Waals surface area (Å²) in [6.45, 7) is 10.7. The maximum Gasteiger partial charge on any atom is 0.225 e. The molecule has 23 heavy (non-hydrogen) atoms. The van der Waals surface area contributed by atoms with Gasteiger partial charge in [-0.15, -0.1) is 0 Å². The number of nitrogens with zero attached hydrogens (tertiary/aromatic N) is 3. The summed E-state index contributed by atoms with van der Waals surface area (Å²) in [7, 11) is 0. The number of carbonyl (C=O) groups is 3. The first-order valence-corrected chi connectivity index (χ1v) is 8.86. The van der Waals surface area contributed by atoms with E-state index in [1.165, 1.54) is 0 Å². The molecule has 1 aliphatic rings. The summed E-state index contributed by atoms with van der Waals surface area (Å²) in [5.74, 6) is 0.00221. The third-order valence-electron chi connectivity index (χ3n) is 3.47. The average Bonchev–Trinajstić information content (AvgIpc) is 2.57. The predicted octanol–water partition coefficient (Wildman–Crippen LogP) is 2.78. The van der Waals surface area contributed by atoms with Crippen LogP contribution in [0.2, 0.25) is 0 Å². The van der Waals surface area contributed by atoms with Crippen molar-refractivity contribution in [3.8, 4) is 0 Å². The third kappa shape index (κ3) is 7.01. The van der Waals surface area contributed by atoms with Gasteiger partial charge in [0.2, 0.25) is 17.7 Å². The molecule has 0 spiro atoms. The molecule has 0 unspecified atom stereocenters. The first kappa shape index (κ1) is 21.4. The molecule has 134 valence electrons. The van der Waals surface area contributed by atoms with Crippen LogP contribution in [0.5, 0.6) is 0 Å². The molecule has 0 aromatic heterocycles. The molecule has 0 N–H and O–H groups in total. The maximum atomic E-state index is 12.1. The van der Waals surface area contributed by atoms with Crippen molar-refractivity contribution in [1.29, 1.82) is 0 Å². The summed E-state index contributed by atoms with van der Waals surface area (Å²) < 4.78 is 0. The molecule has 0 aromatic rings. The molecule has 0 radical (unpaired) electrons. The highest BCUT2D eigenvalue weighted by Gasteiger charge is 2.30. The SMILES string of the molecule is CC.CCCC(=O)N1CN(C(=O)CCC)CN(C(=O)CCC)C1. The second-order valence-electron chi connectivity index (χ2n) is 5.47. The minimum absolute atomic E-state index is 0.000738. The molecule has 1 rings (SSSR count). The Morgan fingerprint density at radius 3 is 1.00 bits per heavy atom. The molecule has 6 heteroatoms. The van der Waals surface area contributed by atoms with E-state index < -0.39 is 0 Å². The van der Waals surface area contributed by atoms with Crippen molar-refractivity contribution in [2.75, 3.05) is 20.0 Å². The lowest BCUT2D eigenvalue weighted by atomic mass is 10.2. The van der Waals surface area contributed by atoms with Crippen LogP contribution in [-0.4, -0.2) is 52.4 Å². The molecule has 1 fully saturated rings. The lowest BCUT2D eigenvalue weighted by Crippen LogP contribution is -2.59. The van der Waals surface area contributed by atoms with Crippen LogP contribution in [0.4, 0.5) is 0 Å². The number of rotatable bonds is 6. The molecular weight excluding hydrogens is 294 g/mol. The Morgan fingerprint density at radius 1 is 0.609 bits per heavy atom. The lowest BCUT2D eigenvalue weighted by molar-refractivity contribution is -0.158. The van der Waals surface area contributed by atoms with Gasteiger partial charge in [-0.05, 0) is 19.3 Å². The van der Waals surface area contributed by atoms with Gasteiger partial charge in [-0.3, -0.25) is 14.4 Å². The van der Waals surface area contributed by atoms with Gasteiger partial charge in [0, 0.05) is 19.3 Å². The molecule has 3 amide bonds. The molecule has 0 bridgehead atoms. The molecule has 0 aliphatic carbocycles. The molecular formula is C17H33N3O3. The zero-order chi connectivity index (χ0) is 17.8. The highest BCUT2D eigenvalue weighted by molar-refractivity contribution is 5.81. The standard InChI is InChI=1S/C15H27N3O3.C2H6/c1-4-7-13(19)16-10-17(14(20)8-5-2)12-18(11-16)15(21)9-6-3;1-2/h4-12H2,1-3H3;1-2H3. The van der Waals surface area contributed by atoms with E-state index in [1.54, 1.807) is 14.7 Å². The minimum atomic E-state index is 0.000738. The van der Waals surface area contributed by atoms with Crippen molar-refractivity contribution < 1.29 is 14.4 Å². The van der Waals surface area contributed by atoms with E-state index in [2.05, 4.69) is 0 Å².